The fraction of sp³-hybridized carbons (Fsp3) is 0.174. The maximum absolute atomic E-state index is 13.5. The van der Waals surface area contributed by atoms with Gasteiger partial charge in [0.05, 0.1) is 32.6 Å². The van der Waals surface area contributed by atoms with E-state index in [1.165, 1.54) is 0 Å². The Bertz CT molecular complexity index is 1050. The van der Waals surface area contributed by atoms with Crippen molar-refractivity contribution in [2.75, 3.05) is 31.5 Å². The molecule has 6 nitrogen and oxygen atoms in total. The third-order valence-electron chi connectivity index (χ3n) is 4.99. The number of hydrogen-bond acceptors (Lipinski definition) is 5. The van der Waals surface area contributed by atoms with Crippen molar-refractivity contribution in [2.45, 2.75) is 6.17 Å². The fourth-order valence-corrected chi connectivity index (χ4v) is 3.59. The summed E-state index contributed by atoms with van der Waals surface area (Å²) in [5, 5.41) is 3.49. The molecule has 1 atom stereocenters. The molecule has 0 aromatic heterocycles. The zero-order valence-electron chi connectivity index (χ0n) is 16.5. The maximum atomic E-state index is 13.5. The largest absolute Gasteiger partial charge is 0.495 e. The van der Waals surface area contributed by atoms with Gasteiger partial charge in [-0.25, -0.2) is 0 Å². The van der Waals surface area contributed by atoms with E-state index in [1.54, 1.807) is 26.2 Å². The zero-order chi connectivity index (χ0) is 20.4. The van der Waals surface area contributed by atoms with Gasteiger partial charge in [-0.2, -0.15) is 0 Å². The van der Waals surface area contributed by atoms with Crippen LogP contribution in [0.4, 0.5) is 11.4 Å². The van der Waals surface area contributed by atoms with Crippen molar-refractivity contribution in [3.63, 3.8) is 0 Å². The molecule has 1 N–H and O–H groups in total. The Labute approximate surface area is 169 Å². The molecule has 3 aromatic rings. The summed E-state index contributed by atoms with van der Waals surface area (Å²) in [4.78, 5) is 15.2. The predicted molar refractivity (Wildman–Crippen MR) is 112 cm³/mol. The van der Waals surface area contributed by atoms with Crippen LogP contribution in [0.5, 0.6) is 17.2 Å². The highest BCUT2D eigenvalue weighted by Crippen LogP contribution is 2.41. The monoisotopic (exact) mass is 390 g/mol. The predicted octanol–water partition coefficient (Wildman–Crippen LogP) is 4.48. The van der Waals surface area contributed by atoms with E-state index in [0.29, 0.717) is 28.5 Å². The van der Waals surface area contributed by atoms with Crippen molar-refractivity contribution in [2.24, 2.45) is 0 Å². The number of anilines is 2. The molecule has 0 saturated heterocycles. The first-order valence-corrected chi connectivity index (χ1v) is 9.22. The molecule has 4 rings (SSSR count). The molecule has 0 aliphatic carbocycles. The SMILES string of the molecule is COc1ccc([C@H]2Nc3ccccc3C(=O)N2c2ccccc2OC)cc1OC. The fourth-order valence-electron chi connectivity index (χ4n) is 3.59. The summed E-state index contributed by atoms with van der Waals surface area (Å²) in [6.45, 7) is 0. The third-order valence-corrected chi connectivity index (χ3v) is 4.99. The summed E-state index contributed by atoms with van der Waals surface area (Å²) in [7, 11) is 4.78. The van der Waals surface area contributed by atoms with Crippen molar-refractivity contribution >= 4 is 17.3 Å². The first-order chi connectivity index (χ1) is 14.2. The van der Waals surface area contributed by atoms with E-state index in [4.69, 9.17) is 14.2 Å². The van der Waals surface area contributed by atoms with E-state index >= 15 is 0 Å². The number of nitrogens with one attached hydrogen (secondary N) is 1. The van der Waals surface area contributed by atoms with Crippen LogP contribution in [0.15, 0.2) is 66.7 Å². The number of nitrogens with zero attached hydrogens (tertiary/aromatic N) is 1. The lowest BCUT2D eigenvalue weighted by atomic mass is 10.0. The minimum absolute atomic E-state index is 0.108. The van der Waals surface area contributed by atoms with E-state index < -0.39 is 6.17 Å². The van der Waals surface area contributed by atoms with Gasteiger partial charge in [0, 0.05) is 5.69 Å². The van der Waals surface area contributed by atoms with Crippen molar-refractivity contribution in [1.29, 1.82) is 0 Å². The minimum atomic E-state index is -0.450. The molecule has 0 bridgehead atoms. The van der Waals surface area contributed by atoms with E-state index in [1.807, 2.05) is 66.7 Å². The molecule has 0 unspecified atom stereocenters. The second kappa shape index (κ2) is 7.75. The molecule has 6 heteroatoms. The summed E-state index contributed by atoms with van der Waals surface area (Å²) in [6, 6.07) is 20.6. The molecule has 0 radical (unpaired) electrons. The second-order valence-electron chi connectivity index (χ2n) is 6.55. The van der Waals surface area contributed by atoms with Gasteiger partial charge in [-0.3, -0.25) is 9.69 Å². The second-order valence-corrected chi connectivity index (χ2v) is 6.55. The standard InChI is InChI=1S/C23H22N2O4/c1-27-19-11-7-6-10-18(19)25-22(15-12-13-20(28-2)21(14-15)29-3)24-17-9-5-4-8-16(17)23(25)26/h4-14,22,24H,1-3H3/t22-/m0/s1. The lowest BCUT2D eigenvalue weighted by molar-refractivity contribution is 0.0974. The molecular formula is C23H22N2O4. The molecule has 1 aliphatic rings. The Kier molecular flexibility index (Phi) is 4.99. The minimum Gasteiger partial charge on any atom is -0.495 e. The lowest BCUT2D eigenvalue weighted by Gasteiger charge is -2.38. The highest BCUT2D eigenvalue weighted by atomic mass is 16.5. The summed E-state index contributed by atoms with van der Waals surface area (Å²) in [5.41, 5.74) is 2.93. The van der Waals surface area contributed by atoms with Crippen molar-refractivity contribution in [1.82, 2.24) is 0 Å². The van der Waals surface area contributed by atoms with Gasteiger partial charge in [0.2, 0.25) is 0 Å². The molecule has 29 heavy (non-hydrogen) atoms. The Balaban J connectivity index is 1.89. The molecule has 1 aliphatic heterocycles. The smallest absolute Gasteiger partial charge is 0.262 e. The maximum Gasteiger partial charge on any atom is 0.262 e. The number of methoxy groups -OCH3 is 3. The van der Waals surface area contributed by atoms with Crippen LogP contribution in [0.25, 0.3) is 0 Å². The highest BCUT2D eigenvalue weighted by molar-refractivity contribution is 6.12. The van der Waals surface area contributed by atoms with Crippen LogP contribution in [0.2, 0.25) is 0 Å². The molecule has 0 fully saturated rings. The number of ether oxygens (including phenoxy) is 3. The van der Waals surface area contributed by atoms with Crippen molar-refractivity contribution in [3.8, 4) is 17.2 Å². The van der Waals surface area contributed by atoms with Gasteiger partial charge >= 0.3 is 0 Å². The van der Waals surface area contributed by atoms with Crippen LogP contribution in [-0.4, -0.2) is 27.2 Å². The van der Waals surface area contributed by atoms with Crippen molar-refractivity contribution in [3.05, 3.63) is 77.9 Å². The number of para-hydroxylation sites is 3. The van der Waals surface area contributed by atoms with Gasteiger partial charge in [0.15, 0.2) is 11.5 Å². The summed E-state index contributed by atoms with van der Waals surface area (Å²) in [6.07, 6.45) is -0.450. The van der Waals surface area contributed by atoms with E-state index in [0.717, 1.165) is 11.3 Å². The number of fused-ring (bicyclic) bond motifs is 1. The quantitative estimate of drug-likeness (QED) is 0.696. The van der Waals surface area contributed by atoms with E-state index in [9.17, 15) is 4.79 Å². The number of carbonyl (C=O) groups is 1. The van der Waals surface area contributed by atoms with Crippen LogP contribution in [-0.2, 0) is 0 Å². The molecule has 148 valence electrons. The number of amides is 1. The average Bonchev–Trinajstić information content (AvgIpc) is 2.78. The first-order valence-electron chi connectivity index (χ1n) is 9.22. The Morgan fingerprint density at radius 2 is 1.48 bits per heavy atom. The molecule has 0 saturated carbocycles. The zero-order valence-corrected chi connectivity index (χ0v) is 16.5. The lowest BCUT2D eigenvalue weighted by Crippen LogP contribution is -2.43. The molecule has 1 amide bonds. The van der Waals surface area contributed by atoms with E-state index in [2.05, 4.69) is 5.32 Å². The third kappa shape index (κ3) is 3.23. The summed E-state index contributed by atoms with van der Waals surface area (Å²) >= 11 is 0. The van der Waals surface area contributed by atoms with Crippen LogP contribution in [0, 0.1) is 0 Å². The van der Waals surface area contributed by atoms with Gasteiger partial charge in [-0.15, -0.1) is 0 Å². The average molecular weight is 390 g/mol. The van der Waals surface area contributed by atoms with Crippen LogP contribution in [0.3, 0.4) is 0 Å². The normalized spacial score (nSPS) is 15.3. The summed E-state index contributed by atoms with van der Waals surface area (Å²) < 4.78 is 16.4. The topological polar surface area (TPSA) is 60.0 Å². The highest BCUT2D eigenvalue weighted by Gasteiger charge is 2.35. The number of hydrogen-bond donors (Lipinski definition) is 1. The van der Waals surface area contributed by atoms with Gasteiger partial charge in [-0.1, -0.05) is 30.3 Å². The number of carbonyl (C=O) groups excluding carboxylic acids is 1. The van der Waals surface area contributed by atoms with Gasteiger partial charge in [0.1, 0.15) is 11.9 Å². The molecular weight excluding hydrogens is 368 g/mol. The number of benzene rings is 3. The molecule has 3 aromatic carbocycles. The van der Waals surface area contributed by atoms with Crippen molar-refractivity contribution < 1.29 is 19.0 Å². The summed E-state index contributed by atoms with van der Waals surface area (Å²) in [5.74, 6) is 1.73. The van der Waals surface area contributed by atoms with Gasteiger partial charge in [-0.05, 0) is 42.0 Å². The van der Waals surface area contributed by atoms with E-state index in [-0.39, 0.29) is 5.91 Å². The Hall–Kier alpha value is -3.67. The van der Waals surface area contributed by atoms with Crippen LogP contribution >= 0.6 is 0 Å². The van der Waals surface area contributed by atoms with Crippen LogP contribution < -0.4 is 24.4 Å². The number of rotatable bonds is 5. The van der Waals surface area contributed by atoms with Gasteiger partial charge < -0.3 is 19.5 Å². The Morgan fingerprint density at radius 1 is 0.793 bits per heavy atom. The van der Waals surface area contributed by atoms with Gasteiger partial charge in [0.25, 0.3) is 5.91 Å². The first kappa shape index (κ1) is 18.7. The Morgan fingerprint density at radius 3 is 2.24 bits per heavy atom. The van der Waals surface area contributed by atoms with Crippen LogP contribution in [0.1, 0.15) is 22.1 Å². The molecule has 1 heterocycles. The molecule has 0 spiro atoms.